The molecule has 1 rings (SSSR count). The average molecular weight is 273 g/mol. The van der Waals surface area contributed by atoms with Crippen LogP contribution in [-0.2, 0) is 4.74 Å². The Morgan fingerprint density at radius 1 is 1.07 bits per heavy atom. The summed E-state index contributed by atoms with van der Waals surface area (Å²) < 4.78 is 5.52. The maximum Gasteiger partial charge on any atom is 0.0951 e. The summed E-state index contributed by atoms with van der Waals surface area (Å²) in [5.74, 6) is 3.00. The summed E-state index contributed by atoms with van der Waals surface area (Å²) in [7, 11) is 0. The second-order valence-electron chi connectivity index (χ2n) is 4.24. The first kappa shape index (κ1) is 13.1. The van der Waals surface area contributed by atoms with Crippen molar-refractivity contribution in [1.82, 2.24) is 0 Å². The summed E-state index contributed by atoms with van der Waals surface area (Å²) >= 11 is 3.10. The molecule has 0 bridgehead atoms. The highest BCUT2D eigenvalue weighted by Gasteiger charge is 2.36. The molecule has 1 fully saturated rings. The number of hydrogen-bond donors (Lipinski definition) is 0. The first-order valence-electron chi connectivity index (χ1n) is 6.12. The van der Waals surface area contributed by atoms with Crippen molar-refractivity contribution in [3.63, 3.8) is 0 Å². The first-order chi connectivity index (χ1) is 7.38. The third-order valence-corrected chi connectivity index (χ3v) is 3.18. The van der Waals surface area contributed by atoms with Gasteiger partial charge in [0.05, 0.1) is 12.2 Å². The van der Waals surface area contributed by atoms with Crippen LogP contribution in [0.5, 0.6) is 0 Å². The fourth-order valence-corrected chi connectivity index (χ4v) is 2.04. The van der Waals surface area contributed by atoms with Gasteiger partial charge in [-0.15, -0.1) is 0 Å². The van der Waals surface area contributed by atoms with E-state index in [0.717, 1.165) is 6.42 Å². The largest absolute Gasteiger partial charge is 0.369 e. The lowest BCUT2D eigenvalue weighted by Crippen LogP contribution is -1.92. The Balaban J connectivity index is 1.83. The molecule has 0 unspecified atom stereocenters. The SMILES string of the molecule is CCCCCCCC[C@@H]1O[C@@H]1CC#CBr. The van der Waals surface area contributed by atoms with E-state index in [1.807, 2.05) is 0 Å². The fourth-order valence-electron chi connectivity index (χ4n) is 1.88. The van der Waals surface area contributed by atoms with Crippen molar-refractivity contribution >= 4 is 15.9 Å². The summed E-state index contributed by atoms with van der Waals surface area (Å²) in [5, 5.41) is 0. The van der Waals surface area contributed by atoms with E-state index in [1.165, 1.54) is 44.9 Å². The topological polar surface area (TPSA) is 12.5 Å². The minimum absolute atomic E-state index is 0.436. The average Bonchev–Trinajstić information content (AvgIpc) is 2.99. The van der Waals surface area contributed by atoms with Gasteiger partial charge in [0.2, 0.25) is 0 Å². The monoisotopic (exact) mass is 272 g/mol. The standard InChI is InChI=1S/C13H21BrO/c1-2-3-4-5-6-7-9-12-13(15-12)10-8-11-14/h12-13H,2-7,9-10H2,1H3/t12-,13+/m0/s1. The molecular formula is C13H21BrO. The molecule has 0 radical (unpaired) electrons. The third kappa shape index (κ3) is 6.22. The van der Waals surface area contributed by atoms with E-state index in [0.29, 0.717) is 12.2 Å². The molecule has 86 valence electrons. The fraction of sp³-hybridized carbons (Fsp3) is 0.846. The van der Waals surface area contributed by atoms with Crippen LogP contribution in [0.15, 0.2) is 0 Å². The highest BCUT2D eigenvalue weighted by atomic mass is 79.9. The van der Waals surface area contributed by atoms with Crippen molar-refractivity contribution < 1.29 is 4.74 Å². The van der Waals surface area contributed by atoms with Gasteiger partial charge in [-0.1, -0.05) is 51.4 Å². The highest BCUT2D eigenvalue weighted by molar-refractivity contribution is 9.12. The zero-order chi connectivity index (χ0) is 10.9. The molecule has 2 atom stereocenters. The van der Waals surface area contributed by atoms with Crippen molar-refractivity contribution in [3.05, 3.63) is 0 Å². The zero-order valence-corrected chi connectivity index (χ0v) is 11.2. The molecule has 0 saturated carbocycles. The molecule has 15 heavy (non-hydrogen) atoms. The van der Waals surface area contributed by atoms with Gasteiger partial charge in [-0.3, -0.25) is 0 Å². The number of hydrogen-bond acceptors (Lipinski definition) is 1. The zero-order valence-electron chi connectivity index (χ0n) is 9.60. The Labute approximate surface area is 102 Å². The van der Waals surface area contributed by atoms with E-state index in [4.69, 9.17) is 4.74 Å². The minimum Gasteiger partial charge on any atom is -0.369 e. The van der Waals surface area contributed by atoms with E-state index < -0.39 is 0 Å². The number of rotatable bonds is 8. The molecule has 1 nitrogen and oxygen atoms in total. The van der Waals surface area contributed by atoms with Crippen LogP contribution >= 0.6 is 15.9 Å². The molecule has 1 saturated heterocycles. The van der Waals surface area contributed by atoms with Crippen LogP contribution in [0.25, 0.3) is 0 Å². The highest BCUT2D eigenvalue weighted by Crippen LogP contribution is 2.29. The Kier molecular flexibility index (Phi) is 7.13. The van der Waals surface area contributed by atoms with Gasteiger partial charge < -0.3 is 4.74 Å². The van der Waals surface area contributed by atoms with E-state index in [1.54, 1.807) is 0 Å². The van der Waals surface area contributed by atoms with Crippen molar-refractivity contribution in [2.24, 2.45) is 0 Å². The number of ether oxygens (including phenoxy) is 1. The molecular weight excluding hydrogens is 252 g/mol. The maximum atomic E-state index is 5.52. The summed E-state index contributed by atoms with van der Waals surface area (Å²) in [6.07, 6.45) is 11.3. The first-order valence-corrected chi connectivity index (χ1v) is 6.91. The van der Waals surface area contributed by atoms with Crippen LogP contribution in [-0.4, -0.2) is 12.2 Å². The van der Waals surface area contributed by atoms with E-state index in [9.17, 15) is 0 Å². The quantitative estimate of drug-likeness (QED) is 0.366. The van der Waals surface area contributed by atoms with Gasteiger partial charge in [-0.05, 0) is 11.3 Å². The summed E-state index contributed by atoms with van der Waals surface area (Å²) in [5.41, 5.74) is 0. The van der Waals surface area contributed by atoms with Gasteiger partial charge in [0, 0.05) is 22.4 Å². The van der Waals surface area contributed by atoms with Gasteiger partial charge in [0.15, 0.2) is 0 Å². The van der Waals surface area contributed by atoms with Crippen molar-refractivity contribution in [1.29, 1.82) is 0 Å². The second-order valence-corrected chi connectivity index (χ2v) is 4.64. The van der Waals surface area contributed by atoms with E-state index >= 15 is 0 Å². The van der Waals surface area contributed by atoms with E-state index in [2.05, 4.69) is 33.6 Å². The van der Waals surface area contributed by atoms with Gasteiger partial charge in [0.25, 0.3) is 0 Å². The molecule has 1 heterocycles. The summed E-state index contributed by atoms with van der Waals surface area (Å²) in [4.78, 5) is 2.73. The molecule has 0 aromatic rings. The molecule has 0 aromatic heterocycles. The number of unbranched alkanes of at least 4 members (excludes halogenated alkanes) is 5. The normalized spacial score (nSPS) is 23.3. The lowest BCUT2D eigenvalue weighted by atomic mass is 10.1. The molecule has 1 aliphatic heterocycles. The minimum atomic E-state index is 0.436. The molecule has 0 aromatic carbocycles. The maximum absolute atomic E-state index is 5.52. The smallest absolute Gasteiger partial charge is 0.0951 e. The van der Waals surface area contributed by atoms with Crippen LogP contribution in [0.1, 0.15) is 58.3 Å². The third-order valence-electron chi connectivity index (χ3n) is 2.90. The molecule has 1 aliphatic rings. The van der Waals surface area contributed by atoms with Gasteiger partial charge in [-0.2, -0.15) is 0 Å². The molecule has 2 heteroatoms. The predicted octanol–water partition coefficient (Wildman–Crippen LogP) is 4.25. The molecule has 0 amide bonds. The Morgan fingerprint density at radius 3 is 2.53 bits per heavy atom. The van der Waals surface area contributed by atoms with Crippen LogP contribution in [0.4, 0.5) is 0 Å². The van der Waals surface area contributed by atoms with Crippen LogP contribution < -0.4 is 0 Å². The van der Waals surface area contributed by atoms with Crippen LogP contribution in [0, 0.1) is 10.8 Å². The van der Waals surface area contributed by atoms with Crippen molar-refractivity contribution in [3.8, 4) is 10.8 Å². The predicted molar refractivity (Wildman–Crippen MR) is 68.0 cm³/mol. The van der Waals surface area contributed by atoms with Crippen molar-refractivity contribution in [2.75, 3.05) is 0 Å². The lowest BCUT2D eigenvalue weighted by Gasteiger charge is -1.98. The molecule has 0 aliphatic carbocycles. The Hall–Kier alpha value is 0. The lowest BCUT2D eigenvalue weighted by molar-refractivity contribution is 0.359. The van der Waals surface area contributed by atoms with Gasteiger partial charge in [-0.25, -0.2) is 0 Å². The molecule has 0 N–H and O–H groups in total. The van der Waals surface area contributed by atoms with Gasteiger partial charge in [0.1, 0.15) is 0 Å². The van der Waals surface area contributed by atoms with Crippen molar-refractivity contribution in [2.45, 2.75) is 70.5 Å². The Morgan fingerprint density at radius 2 is 1.80 bits per heavy atom. The summed E-state index contributed by atoms with van der Waals surface area (Å²) in [6.45, 7) is 2.26. The second kappa shape index (κ2) is 8.19. The Bertz CT molecular complexity index is 216. The summed E-state index contributed by atoms with van der Waals surface area (Å²) in [6, 6.07) is 0. The van der Waals surface area contributed by atoms with Crippen LogP contribution in [0.2, 0.25) is 0 Å². The van der Waals surface area contributed by atoms with Gasteiger partial charge >= 0.3 is 0 Å². The van der Waals surface area contributed by atoms with Crippen LogP contribution in [0.3, 0.4) is 0 Å². The number of epoxide rings is 1. The molecule has 0 spiro atoms. The van der Waals surface area contributed by atoms with E-state index in [-0.39, 0.29) is 0 Å². The number of halogens is 1.